The first kappa shape index (κ1) is 16.1. The molecule has 4 nitrogen and oxygen atoms in total. The number of rotatable bonds is 8. The van der Waals surface area contributed by atoms with Gasteiger partial charge >= 0.3 is 0 Å². The molecule has 0 spiro atoms. The van der Waals surface area contributed by atoms with Gasteiger partial charge in [-0.25, -0.2) is 0 Å². The van der Waals surface area contributed by atoms with E-state index in [0.717, 1.165) is 36.9 Å². The van der Waals surface area contributed by atoms with Gasteiger partial charge in [-0.2, -0.15) is 0 Å². The molecule has 116 valence electrons. The van der Waals surface area contributed by atoms with E-state index in [2.05, 4.69) is 16.9 Å². The Balaban J connectivity index is 1.93. The zero-order valence-corrected chi connectivity index (χ0v) is 13.1. The van der Waals surface area contributed by atoms with Crippen molar-refractivity contribution in [2.75, 3.05) is 6.54 Å². The summed E-state index contributed by atoms with van der Waals surface area (Å²) in [5.74, 6) is 0.196. The summed E-state index contributed by atoms with van der Waals surface area (Å²) in [6.45, 7) is 3.58. The summed E-state index contributed by atoms with van der Waals surface area (Å²) < 4.78 is 0. The van der Waals surface area contributed by atoms with Crippen LogP contribution in [-0.2, 0) is 17.8 Å². The molecule has 0 saturated heterocycles. The molecule has 0 aliphatic carbocycles. The van der Waals surface area contributed by atoms with Crippen LogP contribution in [0.5, 0.6) is 0 Å². The molecule has 2 aromatic heterocycles. The highest BCUT2D eigenvalue weighted by Gasteiger charge is 2.13. The maximum atomic E-state index is 12.5. The van der Waals surface area contributed by atoms with Gasteiger partial charge in [-0.15, -0.1) is 0 Å². The van der Waals surface area contributed by atoms with Gasteiger partial charge in [0.2, 0.25) is 5.91 Å². The Hall–Kier alpha value is -2.23. The van der Waals surface area contributed by atoms with Crippen molar-refractivity contribution >= 4 is 5.91 Å². The number of carbonyl (C=O) groups is 1. The molecule has 0 N–H and O–H groups in total. The van der Waals surface area contributed by atoms with E-state index in [9.17, 15) is 4.79 Å². The van der Waals surface area contributed by atoms with Crippen LogP contribution in [0.4, 0.5) is 0 Å². The fourth-order valence-electron chi connectivity index (χ4n) is 2.31. The lowest BCUT2D eigenvalue weighted by Gasteiger charge is -2.22. The zero-order chi connectivity index (χ0) is 15.6. The summed E-state index contributed by atoms with van der Waals surface area (Å²) in [5.41, 5.74) is 2.18. The average Bonchev–Trinajstić information content (AvgIpc) is 2.58. The van der Waals surface area contributed by atoms with Gasteiger partial charge in [0.15, 0.2) is 0 Å². The molecule has 2 aromatic rings. The lowest BCUT2D eigenvalue weighted by molar-refractivity contribution is -0.131. The summed E-state index contributed by atoms with van der Waals surface area (Å²) >= 11 is 0. The normalized spacial score (nSPS) is 10.4. The number of amides is 1. The molecule has 0 radical (unpaired) electrons. The molecule has 0 aliphatic rings. The zero-order valence-electron chi connectivity index (χ0n) is 13.1. The van der Waals surface area contributed by atoms with Crippen LogP contribution in [0, 0.1) is 0 Å². The highest BCUT2D eigenvalue weighted by molar-refractivity contribution is 5.76. The van der Waals surface area contributed by atoms with Crippen LogP contribution in [0.2, 0.25) is 0 Å². The van der Waals surface area contributed by atoms with Crippen molar-refractivity contribution < 1.29 is 4.79 Å². The van der Waals surface area contributed by atoms with Crippen molar-refractivity contribution in [2.24, 2.45) is 0 Å². The van der Waals surface area contributed by atoms with Crippen LogP contribution in [0.1, 0.15) is 37.3 Å². The minimum atomic E-state index is 0.196. The van der Waals surface area contributed by atoms with E-state index in [0.29, 0.717) is 13.0 Å². The second-order valence-corrected chi connectivity index (χ2v) is 5.39. The van der Waals surface area contributed by atoms with Crippen molar-refractivity contribution in [1.29, 1.82) is 0 Å². The Labute approximate surface area is 132 Å². The first-order chi connectivity index (χ1) is 10.8. The molecule has 4 heteroatoms. The van der Waals surface area contributed by atoms with Gasteiger partial charge < -0.3 is 4.90 Å². The van der Waals surface area contributed by atoms with E-state index in [1.165, 1.54) is 0 Å². The second kappa shape index (κ2) is 8.93. The molecule has 2 heterocycles. The van der Waals surface area contributed by atoms with Gasteiger partial charge in [-0.05, 0) is 36.1 Å². The topological polar surface area (TPSA) is 46.1 Å². The van der Waals surface area contributed by atoms with Crippen molar-refractivity contribution in [1.82, 2.24) is 14.9 Å². The van der Waals surface area contributed by atoms with Gasteiger partial charge in [0, 0.05) is 44.3 Å². The van der Waals surface area contributed by atoms with Crippen LogP contribution in [-0.4, -0.2) is 27.3 Å². The third-order valence-corrected chi connectivity index (χ3v) is 3.58. The van der Waals surface area contributed by atoms with E-state index in [-0.39, 0.29) is 5.91 Å². The molecular formula is C18H23N3O. The lowest BCUT2D eigenvalue weighted by atomic mass is 10.1. The third kappa shape index (κ3) is 5.28. The van der Waals surface area contributed by atoms with E-state index in [4.69, 9.17) is 0 Å². The quantitative estimate of drug-likeness (QED) is 0.751. The standard InChI is InChI=1S/C18H23N3O/c1-2-3-12-21(15-17-7-5-11-20-14-17)18(22)9-8-16-6-4-10-19-13-16/h4-7,10-11,13-14H,2-3,8-9,12,15H2,1H3. The molecule has 22 heavy (non-hydrogen) atoms. The van der Waals surface area contributed by atoms with Gasteiger partial charge in [0.25, 0.3) is 0 Å². The smallest absolute Gasteiger partial charge is 0.223 e. The number of aromatic nitrogens is 2. The molecule has 0 bridgehead atoms. The Morgan fingerprint density at radius 1 is 1.09 bits per heavy atom. The maximum absolute atomic E-state index is 12.5. The number of hydrogen-bond acceptors (Lipinski definition) is 3. The molecule has 0 unspecified atom stereocenters. The highest BCUT2D eigenvalue weighted by Crippen LogP contribution is 2.09. The molecule has 2 rings (SSSR count). The van der Waals surface area contributed by atoms with Gasteiger partial charge in [-0.1, -0.05) is 25.5 Å². The summed E-state index contributed by atoms with van der Waals surface area (Å²) in [7, 11) is 0. The van der Waals surface area contributed by atoms with Crippen LogP contribution < -0.4 is 0 Å². The summed E-state index contributed by atoms with van der Waals surface area (Å²) in [5, 5.41) is 0. The van der Waals surface area contributed by atoms with Crippen LogP contribution in [0.25, 0.3) is 0 Å². The van der Waals surface area contributed by atoms with Crippen LogP contribution in [0.3, 0.4) is 0 Å². The monoisotopic (exact) mass is 297 g/mol. The molecule has 0 aromatic carbocycles. The molecule has 0 atom stereocenters. The van der Waals surface area contributed by atoms with Gasteiger partial charge in [0.05, 0.1) is 0 Å². The highest BCUT2D eigenvalue weighted by atomic mass is 16.2. The van der Waals surface area contributed by atoms with Gasteiger partial charge in [-0.3, -0.25) is 14.8 Å². The summed E-state index contributed by atoms with van der Waals surface area (Å²) in [6.07, 6.45) is 10.5. The minimum Gasteiger partial charge on any atom is -0.338 e. The molecule has 0 aliphatic heterocycles. The number of pyridine rings is 2. The minimum absolute atomic E-state index is 0.196. The lowest BCUT2D eigenvalue weighted by Crippen LogP contribution is -2.31. The fourth-order valence-corrected chi connectivity index (χ4v) is 2.31. The fraction of sp³-hybridized carbons (Fsp3) is 0.389. The summed E-state index contributed by atoms with van der Waals surface area (Å²) in [6, 6.07) is 7.84. The van der Waals surface area contributed by atoms with Crippen molar-refractivity contribution in [3.63, 3.8) is 0 Å². The van der Waals surface area contributed by atoms with Crippen LogP contribution >= 0.6 is 0 Å². The number of hydrogen-bond donors (Lipinski definition) is 0. The maximum Gasteiger partial charge on any atom is 0.223 e. The first-order valence-corrected chi connectivity index (χ1v) is 7.85. The molecule has 0 fully saturated rings. The first-order valence-electron chi connectivity index (χ1n) is 7.85. The SMILES string of the molecule is CCCCN(Cc1cccnc1)C(=O)CCc1cccnc1. The van der Waals surface area contributed by atoms with E-state index in [1.54, 1.807) is 12.4 Å². The van der Waals surface area contributed by atoms with E-state index in [1.807, 2.05) is 41.6 Å². The van der Waals surface area contributed by atoms with Crippen molar-refractivity contribution in [2.45, 2.75) is 39.2 Å². The van der Waals surface area contributed by atoms with Crippen molar-refractivity contribution in [3.05, 3.63) is 60.2 Å². The van der Waals surface area contributed by atoms with Crippen LogP contribution in [0.15, 0.2) is 49.1 Å². The Morgan fingerprint density at radius 2 is 1.77 bits per heavy atom. The van der Waals surface area contributed by atoms with E-state index < -0.39 is 0 Å². The third-order valence-electron chi connectivity index (χ3n) is 3.58. The molecule has 1 amide bonds. The second-order valence-electron chi connectivity index (χ2n) is 5.39. The predicted molar refractivity (Wildman–Crippen MR) is 87.1 cm³/mol. The Morgan fingerprint density at radius 3 is 2.36 bits per heavy atom. The largest absolute Gasteiger partial charge is 0.338 e. The predicted octanol–water partition coefficient (Wildman–Crippen LogP) is 3.24. The molecule has 0 saturated carbocycles. The Kier molecular flexibility index (Phi) is 6.55. The number of carbonyl (C=O) groups excluding carboxylic acids is 1. The van der Waals surface area contributed by atoms with E-state index >= 15 is 0 Å². The molecular weight excluding hydrogens is 274 g/mol. The van der Waals surface area contributed by atoms with Crippen molar-refractivity contribution in [3.8, 4) is 0 Å². The number of unbranched alkanes of at least 4 members (excludes halogenated alkanes) is 1. The number of aryl methyl sites for hydroxylation is 1. The average molecular weight is 297 g/mol. The number of nitrogens with zero attached hydrogens (tertiary/aromatic N) is 3. The summed E-state index contributed by atoms with van der Waals surface area (Å²) in [4.78, 5) is 22.7. The Bertz CT molecular complexity index is 557. The van der Waals surface area contributed by atoms with Gasteiger partial charge in [0.1, 0.15) is 0 Å².